The Kier molecular flexibility index (Phi) is 4.57. The van der Waals surface area contributed by atoms with E-state index in [1.54, 1.807) is 37.3 Å². The Morgan fingerprint density at radius 1 is 0.917 bits per heavy atom. The molecule has 122 valence electrons. The van der Waals surface area contributed by atoms with Gasteiger partial charge in [0.2, 0.25) is 5.95 Å². The number of aromatic nitrogens is 2. The third-order valence-corrected chi connectivity index (χ3v) is 3.42. The highest BCUT2D eigenvalue weighted by Gasteiger charge is 2.11. The fourth-order valence-electron chi connectivity index (χ4n) is 2.10. The zero-order chi connectivity index (χ0) is 17.1. The lowest BCUT2D eigenvalue weighted by atomic mass is 10.3. The lowest BCUT2D eigenvalue weighted by molar-refractivity contribution is 0.590. The molecule has 2 aromatic carbocycles. The van der Waals surface area contributed by atoms with E-state index in [9.17, 15) is 8.78 Å². The Balaban J connectivity index is 1.87. The van der Waals surface area contributed by atoms with Gasteiger partial charge < -0.3 is 10.6 Å². The number of hydrogen-bond donors (Lipinski definition) is 2. The van der Waals surface area contributed by atoms with Gasteiger partial charge in [0.05, 0.1) is 0 Å². The number of halogens is 3. The fourth-order valence-corrected chi connectivity index (χ4v) is 2.22. The number of rotatable bonds is 4. The summed E-state index contributed by atoms with van der Waals surface area (Å²) >= 11 is 5.85. The van der Waals surface area contributed by atoms with Crippen LogP contribution in [0, 0.1) is 18.6 Å². The van der Waals surface area contributed by atoms with E-state index in [-0.39, 0.29) is 11.6 Å². The third-order valence-electron chi connectivity index (χ3n) is 3.17. The summed E-state index contributed by atoms with van der Waals surface area (Å²) in [4.78, 5) is 8.38. The van der Waals surface area contributed by atoms with Crippen molar-refractivity contribution in [2.45, 2.75) is 6.92 Å². The average molecular weight is 347 g/mol. The summed E-state index contributed by atoms with van der Waals surface area (Å²) in [6, 6.07) is 12.4. The van der Waals surface area contributed by atoms with Crippen molar-refractivity contribution < 1.29 is 8.78 Å². The van der Waals surface area contributed by atoms with Crippen molar-refractivity contribution >= 4 is 34.7 Å². The molecule has 3 aromatic rings. The lowest BCUT2D eigenvalue weighted by Crippen LogP contribution is -2.04. The number of nitrogens with zero attached hydrogens (tertiary/aromatic N) is 2. The van der Waals surface area contributed by atoms with Gasteiger partial charge in [0, 0.05) is 22.5 Å². The van der Waals surface area contributed by atoms with Gasteiger partial charge >= 0.3 is 0 Å². The second-order valence-corrected chi connectivity index (χ2v) is 5.51. The molecular formula is C17H13ClF2N4. The molecule has 24 heavy (non-hydrogen) atoms. The molecule has 0 radical (unpaired) electrons. The summed E-state index contributed by atoms with van der Waals surface area (Å²) in [7, 11) is 0. The first kappa shape index (κ1) is 16.1. The number of hydrogen-bond acceptors (Lipinski definition) is 4. The molecular weight excluding hydrogens is 334 g/mol. The van der Waals surface area contributed by atoms with E-state index in [1.165, 1.54) is 6.07 Å². The summed E-state index contributed by atoms with van der Waals surface area (Å²) < 4.78 is 27.5. The lowest BCUT2D eigenvalue weighted by Gasteiger charge is -2.11. The minimum atomic E-state index is -0.715. The van der Waals surface area contributed by atoms with Crippen LogP contribution in [0.3, 0.4) is 0 Å². The monoisotopic (exact) mass is 346 g/mol. The van der Waals surface area contributed by atoms with Crippen molar-refractivity contribution in [2.75, 3.05) is 10.6 Å². The first-order valence-corrected chi connectivity index (χ1v) is 7.48. The normalized spacial score (nSPS) is 10.5. The van der Waals surface area contributed by atoms with Gasteiger partial charge in [0.15, 0.2) is 0 Å². The number of anilines is 4. The smallest absolute Gasteiger partial charge is 0.229 e. The van der Waals surface area contributed by atoms with Gasteiger partial charge in [-0.15, -0.1) is 0 Å². The zero-order valence-corrected chi connectivity index (χ0v) is 13.4. The maximum atomic E-state index is 13.7. The molecule has 0 saturated heterocycles. The standard InChI is InChI=1S/C17H13ClF2N4/c1-10-9-15(22-12-7-5-11(18)6-8-12)23-17(21-10)24-16-13(19)3-2-4-14(16)20/h2-9H,1H3,(H2,21,22,23,24). The number of benzene rings is 2. The van der Waals surface area contributed by atoms with Gasteiger partial charge in [-0.05, 0) is 43.3 Å². The Labute approximate surface area is 142 Å². The summed E-state index contributed by atoms with van der Waals surface area (Å²) in [6.45, 7) is 1.76. The van der Waals surface area contributed by atoms with Gasteiger partial charge in [0.1, 0.15) is 23.1 Å². The summed E-state index contributed by atoms with van der Waals surface area (Å²) in [6.07, 6.45) is 0. The molecule has 4 nitrogen and oxygen atoms in total. The van der Waals surface area contributed by atoms with Crippen molar-refractivity contribution in [2.24, 2.45) is 0 Å². The van der Waals surface area contributed by atoms with Crippen LogP contribution in [-0.4, -0.2) is 9.97 Å². The molecule has 0 unspecified atom stereocenters. The van der Waals surface area contributed by atoms with E-state index < -0.39 is 11.6 Å². The van der Waals surface area contributed by atoms with E-state index in [4.69, 9.17) is 11.6 Å². The van der Waals surface area contributed by atoms with Crippen molar-refractivity contribution in [1.29, 1.82) is 0 Å². The molecule has 0 aliphatic carbocycles. The van der Waals surface area contributed by atoms with Crippen LogP contribution in [0.1, 0.15) is 5.69 Å². The van der Waals surface area contributed by atoms with Gasteiger partial charge in [-0.25, -0.2) is 13.8 Å². The zero-order valence-electron chi connectivity index (χ0n) is 12.6. The average Bonchev–Trinajstić information content (AvgIpc) is 2.53. The van der Waals surface area contributed by atoms with E-state index in [0.717, 1.165) is 17.8 Å². The van der Waals surface area contributed by atoms with Crippen LogP contribution in [0.25, 0.3) is 0 Å². The fraction of sp³-hybridized carbons (Fsp3) is 0.0588. The first-order chi connectivity index (χ1) is 11.5. The molecule has 0 amide bonds. The predicted octanol–water partition coefficient (Wildman–Crippen LogP) is 5.20. The van der Waals surface area contributed by atoms with E-state index in [0.29, 0.717) is 16.5 Å². The molecule has 7 heteroatoms. The summed E-state index contributed by atoms with van der Waals surface area (Å²) in [5, 5.41) is 6.30. The van der Waals surface area contributed by atoms with Crippen LogP contribution in [0.2, 0.25) is 5.02 Å². The first-order valence-electron chi connectivity index (χ1n) is 7.10. The predicted molar refractivity (Wildman–Crippen MR) is 91.1 cm³/mol. The summed E-state index contributed by atoms with van der Waals surface area (Å²) in [5.41, 5.74) is 1.13. The van der Waals surface area contributed by atoms with Crippen molar-refractivity contribution in [3.8, 4) is 0 Å². The number of aryl methyl sites for hydroxylation is 1. The molecule has 3 rings (SSSR count). The van der Waals surface area contributed by atoms with Crippen molar-refractivity contribution in [3.05, 3.63) is 70.9 Å². The van der Waals surface area contributed by atoms with Gasteiger partial charge in [-0.2, -0.15) is 4.98 Å². The molecule has 2 N–H and O–H groups in total. The van der Waals surface area contributed by atoms with Crippen LogP contribution in [0.4, 0.5) is 31.9 Å². The molecule has 0 spiro atoms. The number of para-hydroxylation sites is 1. The molecule has 0 fully saturated rings. The third kappa shape index (κ3) is 3.78. The van der Waals surface area contributed by atoms with Crippen LogP contribution >= 0.6 is 11.6 Å². The Bertz CT molecular complexity index is 849. The molecule has 1 aromatic heterocycles. The molecule has 0 aliphatic heterocycles. The Hall–Kier alpha value is -2.73. The van der Waals surface area contributed by atoms with E-state index >= 15 is 0 Å². The Morgan fingerprint density at radius 2 is 1.58 bits per heavy atom. The highest BCUT2D eigenvalue weighted by molar-refractivity contribution is 6.30. The van der Waals surface area contributed by atoms with Gasteiger partial charge in [-0.3, -0.25) is 0 Å². The molecule has 0 saturated carbocycles. The SMILES string of the molecule is Cc1cc(Nc2ccc(Cl)cc2)nc(Nc2c(F)cccc2F)n1. The highest BCUT2D eigenvalue weighted by atomic mass is 35.5. The number of nitrogens with one attached hydrogen (secondary N) is 2. The van der Waals surface area contributed by atoms with Crippen LogP contribution < -0.4 is 10.6 Å². The minimum Gasteiger partial charge on any atom is -0.340 e. The topological polar surface area (TPSA) is 49.8 Å². The quantitative estimate of drug-likeness (QED) is 0.681. The van der Waals surface area contributed by atoms with Crippen LogP contribution in [0.15, 0.2) is 48.5 Å². The summed E-state index contributed by atoms with van der Waals surface area (Å²) in [5.74, 6) is -0.848. The van der Waals surface area contributed by atoms with Crippen LogP contribution in [-0.2, 0) is 0 Å². The van der Waals surface area contributed by atoms with E-state index in [1.807, 2.05) is 0 Å². The van der Waals surface area contributed by atoms with Crippen LogP contribution in [0.5, 0.6) is 0 Å². The highest BCUT2D eigenvalue weighted by Crippen LogP contribution is 2.23. The molecule has 0 aliphatic rings. The maximum absolute atomic E-state index is 13.7. The van der Waals surface area contributed by atoms with E-state index in [2.05, 4.69) is 20.6 Å². The maximum Gasteiger partial charge on any atom is 0.229 e. The molecule has 0 bridgehead atoms. The van der Waals surface area contributed by atoms with Crippen molar-refractivity contribution in [3.63, 3.8) is 0 Å². The largest absolute Gasteiger partial charge is 0.340 e. The van der Waals surface area contributed by atoms with Crippen molar-refractivity contribution in [1.82, 2.24) is 9.97 Å². The Morgan fingerprint density at radius 3 is 2.25 bits per heavy atom. The minimum absolute atomic E-state index is 0.0930. The molecule has 0 atom stereocenters. The second-order valence-electron chi connectivity index (χ2n) is 5.07. The van der Waals surface area contributed by atoms with Gasteiger partial charge in [-0.1, -0.05) is 17.7 Å². The van der Waals surface area contributed by atoms with Gasteiger partial charge in [0.25, 0.3) is 0 Å². The second kappa shape index (κ2) is 6.80. The molecule has 1 heterocycles.